The molecule has 1 saturated heterocycles. The third-order valence-corrected chi connectivity index (χ3v) is 6.80. The van der Waals surface area contributed by atoms with Crippen molar-refractivity contribution in [3.05, 3.63) is 36.8 Å². The van der Waals surface area contributed by atoms with Crippen LogP contribution in [0.4, 0.5) is 11.8 Å². The number of pyridine rings is 1. The summed E-state index contributed by atoms with van der Waals surface area (Å²) >= 11 is 0. The van der Waals surface area contributed by atoms with Crippen molar-refractivity contribution >= 4 is 21.8 Å². The molecule has 1 fully saturated rings. The second-order valence-corrected chi connectivity index (χ2v) is 9.03. The predicted octanol–water partition coefficient (Wildman–Crippen LogP) is 1.57. The first-order valence-electron chi connectivity index (χ1n) is 10.5. The number of piperazine rings is 1. The van der Waals surface area contributed by atoms with E-state index < -0.39 is 10.0 Å². The summed E-state index contributed by atoms with van der Waals surface area (Å²) in [5.74, 6) is 1.46. The Hall–Kier alpha value is -2.30. The molecule has 1 aliphatic rings. The minimum Gasteiger partial charge on any atom is -0.369 e. The summed E-state index contributed by atoms with van der Waals surface area (Å²) in [5, 5.41) is 3.27. The number of nitrogens with zero attached hydrogens (tertiary/aromatic N) is 5. The number of rotatable bonds is 10. The summed E-state index contributed by atoms with van der Waals surface area (Å²) < 4.78 is 27.6. The fraction of sp³-hybridized carbons (Fsp3) is 0.550. The number of anilines is 2. The third-order valence-electron chi connectivity index (χ3n) is 5.30. The van der Waals surface area contributed by atoms with E-state index in [2.05, 4.69) is 34.8 Å². The van der Waals surface area contributed by atoms with E-state index in [0.29, 0.717) is 5.82 Å². The first-order chi connectivity index (χ1) is 14.5. The van der Waals surface area contributed by atoms with Crippen molar-refractivity contribution in [3.63, 3.8) is 0 Å². The van der Waals surface area contributed by atoms with Crippen molar-refractivity contribution < 1.29 is 8.42 Å². The lowest BCUT2D eigenvalue weighted by Gasteiger charge is -2.34. The van der Waals surface area contributed by atoms with Gasteiger partial charge in [-0.2, -0.15) is 0 Å². The van der Waals surface area contributed by atoms with E-state index in [0.717, 1.165) is 58.1 Å². The Bertz CT molecular complexity index is 866. The normalized spacial score (nSPS) is 15.5. The van der Waals surface area contributed by atoms with Crippen LogP contribution in [-0.4, -0.2) is 73.6 Å². The van der Waals surface area contributed by atoms with E-state index in [9.17, 15) is 8.42 Å². The molecule has 0 spiro atoms. The summed E-state index contributed by atoms with van der Waals surface area (Å²) in [6.07, 6.45) is 6.46. The Morgan fingerprint density at radius 3 is 2.33 bits per heavy atom. The largest absolute Gasteiger partial charge is 0.369 e. The molecule has 3 rings (SSSR count). The lowest BCUT2D eigenvalue weighted by Crippen LogP contribution is -2.48. The lowest BCUT2D eigenvalue weighted by atomic mass is 10.2. The quantitative estimate of drug-likeness (QED) is 0.582. The molecule has 2 aromatic rings. The standard InChI is InChI=1S/C20H31N7O2S/c1-3-17(4-2)25-30(28,29)18-6-7-19(24-16-18)21-10-11-26-12-14-27(15-13-26)20-22-8-5-9-23-20/h5-9,16-17,25H,3-4,10-15H2,1-2H3,(H,21,24). The molecular weight excluding hydrogens is 402 g/mol. The maximum atomic E-state index is 12.4. The number of hydrogen-bond donors (Lipinski definition) is 2. The molecule has 0 amide bonds. The van der Waals surface area contributed by atoms with Crippen molar-refractivity contribution in [1.29, 1.82) is 0 Å². The van der Waals surface area contributed by atoms with Crippen LogP contribution in [0.5, 0.6) is 0 Å². The molecule has 3 heterocycles. The number of nitrogens with one attached hydrogen (secondary N) is 2. The molecule has 164 valence electrons. The van der Waals surface area contributed by atoms with Gasteiger partial charge in [0.05, 0.1) is 0 Å². The maximum Gasteiger partial charge on any atom is 0.242 e. The average Bonchev–Trinajstić information content (AvgIpc) is 2.79. The highest BCUT2D eigenvalue weighted by Gasteiger charge is 2.19. The van der Waals surface area contributed by atoms with Crippen molar-refractivity contribution in [2.24, 2.45) is 0 Å². The second kappa shape index (κ2) is 10.6. The third kappa shape index (κ3) is 6.10. The van der Waals surface area contributed by atoms with E-state index in [4.69, 9.17) is 0 Å². The highest BCUT2D eigenvalue weighted by molar-refractivity contribution is 7.89. The van der Waals surface area contributed by atoms with Crippen LogP contribution in [0.25, 0.3) is 0 Å². The highest BCUT2D eigenvalue weighted by atomic mass is 32.2. The van der Waals surface area contributed by atoms with Gasteiger partial charge in [-0.3, -0.25) is 4.90 Å². The number of hydrogen-bond acceptors (Lipinski definition) is 8. The molecule has 0 aromatic carbocycles. The molecule has 0 saturated carbocycles. The summed E-state index contributed by atoms with van der Waals surface area (Å²) in [6, 6.07) is 5.08. The first-order valence-corrected chi connectivity index (χ1v) is 12.0. The molecule has 0 bridgehead atoms. The van der Waals surface area contributed by atoms with Crippen molar-refractivity contribution in [1.82, 2.24) is 24.6 Å². The van der Waals surface area contributed by atoms with Crippen LogP contribution in [-0.2, 0) is 10.0 Å². The molecule has 30 heavy (non-hydrogen) atoms. The van der Waals surface area contributed by atoms with Crippen LogP contribution in [0, 0.1) is 0 Å². The van der Waals surface area contributed by atoms with Crippen LogP contribution < -0.4 is 14.9 Å². The summed E-state index contributed by atoms with van der Waals surface area (Å²) in [4.78, 5) is 17.6. The Labute approximate surface area is 179 Å². The van der Waals surface area contributed by atoms with Gasteiger partial charge in [-0.25, -0.2) is 28.1 Å². The first kappa shape index (κ1) is 22.4. The van der Waals surface area contributed by atoms with Gasteiger partial charge in [-0.15, -0.1) is 0 Å². The Kier molecular flexibility index (Phi) is 7.94. The molecule has 2 N–H and O–H groups in total. The molecule has 2 aromatic heterocycles. The molecule has 0 radical (unpaired) electrons. The van der Waals surface area contributed by atoms with Gasteiger partial charge in [-0.1, -0.05) is 13.8 Å². The maximum absolute atomic E-state index is 12.4. The van der Waals surface area contributed by atoms with Gasteiger partial charge in [0, 0.05) is 63.9 Å². The molecule has 1 aliphatic heterocycles. The molecule has 0 unspecified atom stereocenters. The van der Waals surface area contributed by atoms with Crippen molar-refractivity contribution in [3.8, 4) is 0 Å². The van der Waals surface area contributed by atoms with Gasteiger partial charge in [0.15, 0.2) is 0 Å². The fourth-order valence-corrected chi connectivity index (χ4v) is 4.70. The topological polar surface area (TPSA) is 103 Å². The van der Waals surface area contributed by atoms with Gasteiger partial charge in [-0.05, 0) is 31.0 Å². The van der Waals surface area contributed by atoms with Crippen LogP contribution in [0.2, 0.25) is 0 Å². The predicted molar refractivity (Wildman–Crippen MR) is 118 cm³/mol. The van der Waals surface area contributed by atoms with Crippen LogP contribution in [0.1, 0.15) is 26.7 Å². The lowest BCUT2D eigenvalue weighted by molar-refractivity contribution is 0.266. The smallest absolute Gasteiger partial charge is 0.242 e. The van der Waals surface area contributed by atoms with Gasteiger partial charge in [0.1, 0.15) is 10.7 Å². The Morgan fingerprint density at radius 2 is 1.73 bits per heavy atom. The van der Waals surface area contributed by atoms with Gasteiger partial charge >= 0.3 is 0 Å². The molecule has 9 nitrogen and oxygen atoms in total. The molecule has 10 heteroatoms. The van der Waals surface area contributed by atoms with E-state index in [1.165, 1.54) is 6.20 Å². The zero-order chi connectivity index (χ0) is 21.4. The summed E-state index contributed by atoms with van der Waals surface area (Å²) in [5.41, 5.74) is 0. The Morgan fingerprint density at radius 1 is 1.03 bits per heavy atom. The molecule has 0 aliphatic carbocycles. The Balaban J connectivity index is 1.43. The molecule has 0 atom stereocenters. The van der Waals surface area contributed by atoms with Crippen LogP contribution in [0.15, 0.2) is 41.7 Å². The van der Waals surface area contributed by atoms with E-state index in [1.54, 1.807) is 24.5 Å². The van der Waals surface area contributed by atoms with Crippen LogP contribution >= 0.6 is 0 Å². The minimum absolute atomic E-state index is 0.0540. The number of aromatic nitrogens is 3. The summed E-state index contributed by atoms with van der Waals surface area (Å²) in [6.45, 7) is 9.28. The highest BCUT2D eigenvalue weighted by Crippen LogP contribution is 2.13. The van der Waals surface area contributed by atoms with Crippen LogP contribution in [0.3, 0.4) is 0 Å². The fourth-order valence-electron chi connectivity index (χ4n) is 3.35. The van der Waals surface area contributed by atoms with E-state index >= 15 is 0 Å². The minimum atomic E-state index is -3.53. The average molecular weight is 434 g/mol. The van der Waals surface area contributed by atoms with Crippen molar-refractivity contribution in [2.75, 3.05) is 49.5 Å². The monoisotopic (exact) mass is 433 g/mol. The van der Waals surface area contributed by atoms with Gasteiger partial charge < -0.3 is 10.2 Å². The van der Waals surface area contributed by atoms with Gasteiger partial charge in [0.2, 0.25) is 16.0 Å². The zero-order valence-corrected chi connectivity index (χ0v) is 18.5. The van der Waals surface area contributed by atoms with E-state index in [-0.39, 0.29) is 10.9 Å². The molecular formula is C20H31N7O2S. The van der Waals surface area contributed by atoms with Gasteiger partial charge in [0.25, 0.3) is 0 Å². The van der Waals surface area contributed by atoms with E-state index in [1.807, 2.05) is 19.9 Å². The summed E-state index contributed by atoms with van der Waals surface area (Å²) in [7, 11) is -3.53. The van der Waals surface area contributed by atoms with Crippen molar-refractivity contribution in [2.45, 2.75) is 37.6 Å². The second-order valence-electron chi connectivity index (χ2n) is 7.32. The number of sulfonamides is 1. The SMILES string of the molecule is CCC(CC)NS(=O)(=O)c1ccc(NCCN2CCN(c3ncccn3)CC2)nc1. The zero-order valence-electron chi connectivity index (χ0n) is 17.7.